The number of hydrogen-bond acceptors (Lipinski definition) is 5. The first kappa shape index (κ1) is 20.2. The van der Waals surface area contributed by atoms with Gasteiger partial charge < -0.3 is 14.3 Å². The third kappa shape index (κ3) is 3.99. The highest BCUT2D eigenvalue weighted by Crippen LogP contribution is 2.30. The summed E-state index contributed by atoms with van der Waals surface area (Å²) in [7, 11) is 1.90. The van der Waals surface area contributed by atoms with Gasteiger partial charge in [-0.3, -0.25) is 4.79 Å². The fourth-order valence-electron chi connectivity index (χ4n) is 3.05. The Morgan fingerprint density at radius 1 is 1.18 bits per heavy atom. The number of nitrogens with one attached hydrogen (secondary N) is 1. The smallest absolute Gasteiger partial charge is 0.237 e. The van der Waals surface area contributed by atoms with Gasteiger partial charge in [0.2, 0.25) is 5.91 Å². The summed E-state index contributed by atoms with van der Waals surface area (Å²) in [5.41, 5.74) is 4.01. The zero-order valence-electron chi connectivity index (χ0n) is 17.1. The average molecular weight is 399 g/mol. The van der Waals surface area contributed by atoms with E-state index in [2.05, 4.69) is 35.4 Å². The second kappa shape index (κ2) is 8.22. The molecule has 2 heterocycles. The lowest BCUT2D eigenvalue weighted by molar-refractivity contribution is -0.115. The Balaban J connectivity index is 1.76. The number of rotatable bonds is 6. The van der Waals surface area contributed by atoms with Gasteiger partial charge in [-0.05, 0) is 43.9 Å². The quantitative estimate of drug-likeness (QED) is 0.596. The second-order valence-corrected chi connectivity index (χ2v) is 8.51. The number of furan rings is 1. The standard InChI is InChI=1S/C21H26N4O2S/c1-12(2)16-9-7-8-13(3)18(16)22-20(26)15(5)28-21-24-23-19(25(21)6)17-10-11-27-14(17)4/h7-12,15H,1-6H3,(H,22,26). The molecule has 28 heavy (non-hydrogen) atoms. The maximum atomic E-state index is 12.8. The molecule has 0 fully saturated rings. The minimum Gasteiger partial charge on any atom is -0.469 e. The molecule has 0 bridgehead atoms. The van der Waals surface area contributed by atoms with Crippen LogP contribution in [0, 0.1) is 13.8 Å². The van der Waals surface area contributed by atoms with Crippen molar-refractivity contribution >= 4 is 23.4 Å². The minimum absolute atomic E-state index is 0.0507. The summed E-state index contributed by atoms with van der Waals surface area (Å²) in [4.78, 5) is 12.8. The first-order chi connectivity index (χ1) is 13.3. The topological polar surface area (TPSA) is 73.0 Å². The number of para-hydroxylation sites is 1. The molecular formula is C21H26N4O2S. The molecule has 0 saturated heterocycles. The van der Waals surface area contributed by atoms with Crippen LogP contribution in [0.5, 0.6) is 0 Å². The molecule has 0 saturated carbocycles. The predicted molar refractivity (Wildman–Crippen MR) is 113 cm³/mol. The van der Waals surface area contributed by atoms with Crippen molar-refractivity contribution in [2.24, 2.45) is 7.05 Å². The summed E-state index contributed by atoms with van der Waals surface area (Å²) >= 11 is 1.39. The summed E-state index contributed by atoms with van der Waals surface area (Å²) in [5.74, 6) is 1.80. The Morgan fingerprint density at radius 3 is 2.57 bits per heavy atom. The molecule has 0 aliphatic carbocycles. The molecule has 0 radical (unpaired) electrons. The number of benzene rings is 1. The summed E-state index contributed by atoms with van der Waals surface area (Å²) < 4.78 is 7.25. The molecule has 1 unspecified atom stereocenters. The van der Waals surface area contributed by atoms with E-state index < -0.39 is 0 Å². The number of aromatic nitrogens is 3. The van der Waals surface area contributed by atoms with E-state index in [9.17, 15) is 4.79 Å². The molecule has 6 nitrogen and oxygen atoms in total. The first-order valence-corrected chi connectivity index (χ1v) is 10.2. The maximum absolute atomic E-state index is 12.8. The van der Waals surface area contributed by atoms with Crippen molar-refractivity contribution in [2.75, 3.05) is 5.32 Å². The Labute approximate surface area is 169 Å². The van der Waals surface area contributed by atoms with Crippen LogP contribution in [0.3, 0.4) is 0 Å². The lowest BCUT2D eigenvalue weighted by atomic mass is 9.98. The van der Waals surface area contributed by atoms with Crippen LogP contribution in [-0.2, 0) is 11.8 Å². The predicted octanol–water partition coefficient (Wildman–Crippen LogP) is 4.93. The highest BCUT2D eigenvalue weighted by atomic mass is 32.2. The van der Waals surface area contributed by atoms with Gasteiger partial charge in [-0.1, -0.05) is 43.8 Å². The van der Waals surface area contributed by atoms with E-state index in [1.54, 1.807) is 6.26 Å². The van der Waals surface area contributed by atoms with E-state index >= 15 is 0 Å². The van der Waals surface area contributed by atoms with Crippen LogP contribution >= 0.6 is 11.8 Å². The number of aryl methyl sites for hydroxylation is 2. The lowest BCUT2D eigenvalue weighted by Gasteiger charge is -2.18. The van der Waals surface area contributed by atoms with Crippen LogP contribution in [0.2, 0.25) is 0 Å². The van der Waals surface area contributed by atoms with Gasteiger partial charge in [-0.2, -0.15) is 0 Å². The fourth-order valence-corrected chi connectivity index (χ4v) is 3.86. The van der Waals surface area contributed by atoms with E-state index in [4.69, 9.17) is 4.42 Å². The Kier molecular flexibility index (Phi) is 5.93. The molecule has 1 atom stereocenters. The second-order valence-electron chi connectivity index (χ2n) is 7.20. The molecule has 0 aliphatic heterocycles. The molecule has 148 valence electrons. The monoisotopic (exact) mass is 398 g/mol. The molecule has 3 rings (SSSR count). The third-order valence-electron chi connectivity index (χ3n) is 4.76. The molecule has 1 N–H and O–H groups in total. The van der Waals surface area contributed by atoms with Crippen molar-refractivity contribution < 1.29 is 9.21 Å². The highest BCUT2D eigenvalue weighted by molar-refractivity contribution is 8.00. The van der Waals surface area contributed by atoms with Gasteiger partial charge in [0.1, 0.15) is 5.76 Å². The van der Waals surface area contributed by atoms with E-state index in [0.29, 0.717) is 11.1 Å². The Hall–Kier alpha value is -2.54. The molecule has 1 amide bonds. The van der Waals surface area contributed by atoms with Crippen molar-refractivity contribution in [3.8, 4) is 11.4 Å². The van der Waals surface area contributed by atoms with E-state index in [1.165, 1.54) is 11.8 Å². The van der Waals surface area contributed by atoms with Gasteiger partial charge in [0.15, 0.2) is 11.0 Å². The fraction of sp³-hybridized carbons (Fsp3) is 0.381. The van der Waals surface area contributed by atoms with Gasteiger partial charge >= 0.3 is 0 Å². The largest absolute Gasteiger partial charge is 0.469 e. The Bertz CT molecular complexity index is 990. The number of nitrogens with zero attached hydrogens (tertiary/aromatic N) is 3. The molecule has 3 aromatic rings. The van der Waals surface area contributed by atoms with Crippen LogP contribution in [0.15, 0.2) is 40.1 Å². The van der Waals surface area contributed by atoms with Crippen molar-refractivity contribution in [2.45, 2.75) is 50.9 Å². The molecular weight excluding hydrogens is 372 g/mol. The van der Waals surface area contributed by atoms with Crippen molar-refractivity contribution in [3.63, 3.8) is 0 Å². The summed E-state index contributed by atoms with van der Waals surface area (Å²) in [6, 6.07) is 7.97. The summed E-state index contributed by atoms with van der Waals surface area (Å²) in [6.07, 6.45) is 1.64. The summed E-state index contributed by atoms with van der Waals surface area (Å²) in [5, 5.41) is 12.0. The zero-order chi connectivity index (χ0) is 20.4. The van der Waals surface area contributed by atoms with Gasteiger partial charge in [-0.15, -0.1) is 10.2 Å². The number of anilines is 1. The van der Waals surface area contributed by atoms with Crippen molar-refractivity contribution in [1.29, 1.82) is 0 Å². The van der Waals surface area contributed by atoms with Crippen LogP contribution < -0.4 is 5.32 Å². The van der Waals surface area contributed by atoms with Crippen molar-refractivity contribution in [3.05, 3.63) is 47.4 Å². The molecule has 7 heteroatoms. The normalized spacial score (nSPS) is 12.4. The van der Waals surface area contributed by atoms with Crippen LogP contribution in [0.25, 0.3) is 11.4 Å². The number of carbonyl (C=O) groups is 1. The van der Waals surface area contributed by atoms with Crippen molar-refractivity contribution in [1.82, 2.24) is 14.8 Å². The van der Waals surface area contributed by atoms with Crippen LogP contribution in [0.4, 0.5) is 5.69 Å². The Morgan fingerprint density at radius 2 is 1.93 bits per heavy atom. The number of amides is 1. The van der Waals surface area contributed by atoms with Gasteiger partial charge in [-0.25, -0.2) is 0 Å². The average Bonchev–Trinajstić information content (AvgIpc) is 3.22. The van der Waals surface area contributed by atoms with Crippen LogP contribution in [0.1, 0.15) is 43.6 Å². The molecule has 0 aliphatic rings. The number of carbonyl (C=O) groups excluding carboxylic acids is 1. The van der Waals surface area contributed by atoms with Gasteiger partial charge in [0.25, 0.3) is 0 Å². The third-order valence-corrected chi connectivity index (χ3v) is 5.90. The summed E-state index contributed by atoms with van der Waals surface area (Å²) in [6.45, 7) is 10.0. The van der Waals surface area contributed by atoms with Gasteiger partial charge in [0.05, 0.1) is 17.1 Å². The first-order valence-electron chi connectivity index (χ1n) is 9.30. The highest BCUT2D eigenvalue weighted by Gasteiger charge is 2.22. The zero-order valence-corrected chi connectivity index (χ0v) is 17.9. The number of hydrogen-bond donors (Lipinski definition) is 1. The van der Waals surface area contributed by atoms with Gasteiger partial charge in [0, 0.05) is 12.7 Å². The van der Waals surface area contributed by atoms with Crippen LogP contribution in [-0.4, -0.2) is 25.9 Å². The van der Waals surface area contributed by atoms with E-state index in [-0.39, 0.29) is 11.2 Å². The lowest BCUT2D eigenvalue weighted by Crippen LogP contribution is -2.24. The van der Waals surface area contributed by atoms with E-state index in [0.717, 1.165) is 34.0 Å². The molecule has 0 spiro atoms. The SMILES string of the molecule is Cc1cccc(C(C)C)c1NC(=O)C(C)Sc1nnc(-c2ccoc2C)n1C. The molecule has 1 aromatic carbocycles. The van der Waals surface area contributed by atoms with E-state index in [1.807, 2.05) is 50.6 Å². The maximum Gasteiger partial charge on any atom is 0.237 e. The molecule has 2 aromatic heterocycles. The number of thioether (sulfide) groups is 1. The minimum atomic E-state index is -0.319.